The molecule has 2 N–H and O–H groups in total. The highest BCUT2D eigenvalue weighted by Crippen LogP contribution is 2.32. The van der Waals surface area contributed by atoms with Crippen LogP contribution in [0.1, 0.15) is 25.0 Å². The number of hydrogen-bond acceptors (Lipinski definition) is 6. The Morgan fingerprint density at radius 3 is 2.60 bits per heavy atom. The summed E-state index contributed by atoms with van der Waals surface area (Å²) in [4.78, 5) is 14.5. The Morgan fingerprint density at radius 2 is 2.10 bits per heavy atom. The van der Waals surface area contributed by atoms with E-state index in [0.29, 0.717) is 12.4 Å². The van der Waals surface area contributed by atoms with Crippen molar-refractivity contribution in [2.24, 2.45) is 4.99 Å². The third kappa shape index (κ3) is 3.30. The third-order valence-corrected chi connectivity index (χ3v) is 3.34. The first-order valence-corrected chi connectivity index (χ1v) is 6.50. The maximum Gasteiger partial charge on any atom is 0.250 e. The lowest BCUT2D eigenvalue weighted by Gasteiger charge is -2.12. The SMILES string of the molecule is C/C(=N/c1ncc([C@H]2C[C@H](O)[C@@H](CO)O2)cn1)N(C)C. The summed E-state index contributed by atoms with van der Waals surface area (Å²) in [7, 11) is 3.80. The molecular weight excluding hydrogens is 260 g/mol. The number of hydrogen-bond donors (Lipinski definition) is 2. The lowest BCUT2D eigenvalue weighted by Crippen LogP contribution is -2.24. The molecule has 0 bridgehead atoms. The van der Waals surface area contributed by atoms with Gasteiger partial charge in [-0.1, -0.05) is 0 Å². The molecule has 1 fully saturated rings. The van der Waals surface area contributed by atoms with Crippen LogP contribution in [0.15, 0.2) is 17.4 Å². The Kier molecular flexibility index (Phi) is 4.64. The summed E-state index contributed by atoms with van der Waals surface area (Å²) >= 11 is 0. The van der Waals surface area contributed by atoms with E-state index in [9.17, 15) is 5.11 Å². The largest absolute Gasteiger partial charge is 0.394 e. The van der Waals surface area contributed by atoms with Gasteiger partial charge in [-0.15, -0.1) is 0 Å². The molecule has 3 atom stereocenters. The molecule has 1 aromatic rings. The molecule has 2 rings (SSSR count). The van der Waals surface area contributed by atoms with Crippen molar-refractivity contribution in [3.05, 3.63) is 18.0 Å². The Hall–Kier alpha value is -1.57. The summed E-state index contributed by atoms with van der Waals surface area (Å²) in [6.45, 7) is 1.68. The number of amidine groups is 1. The van der Waals surface area contributed by atoms with Gasteiger partial charge >= 0.3 is 0 Å². The van der Waals surface area contributed by atoms with E-state index in [0.717, 1.165) is 11.4 Å². The van der Waals surface area contributed by atoms with Crippen molar-refractivity contribution in [2.75, 3.05) is 20.7 Å². The standard InChI is InChI=1S/C13H20N4O3/c1-8(17(2)3)16-13-14-5-9(6-15-13)11-4-10(19)12(7-18)20-11/h5-6,10-12,18-19H,4,7H2,1-3H3/b16-8-/t10-,11+,12+/m0/s1. The number of nitrogens with zero attached hydrogens (tertiary/aromatic N) is 4. The Bertz CT molecular complexity index is 475. The Morgan fingerprint density at radius 1 is 1.45 bits per heavy atom. The van der Waals surface area contributed by atoms with Crippen molar-refractivity contribution in [1.29, 1.82) is 0 Å². The van der Waals surface area contributed by atoms with Gasteiger partial charge in [0, 0.05) is 38.5 Å². The molecule has 7 nitrogen and oxygen atoms in total. The van der Waals surface area contributed by atoms with Gasteiger partial charge in [0.05, 0.1) is 18.8 Å². The zero-order chi connectivity index (χ0) is 14.7. The quantitative estimate of drug-likeness (QED) is 0.610. The van der Waals surface area contributed by atoms with E-state index in [1.54, 1.807) is 12.4 Å². The first-order chi connectivity index (χ1) is 9.51. The molecular formula is C13H20N4O3. The van der Waals surface area contributed by atoms with Crippen molar-refractivity contribution in [2.45, 2.75) is 31.7 Å². The van der Waals surface area contributed by atoms with Crippen molar-refractivity contribution >= 4 is 11.8 Å². The van der Waals surface area contributed by atoms with Crippen LogP contribution >= 0.6 is 0 Å². The monoisotopic (exact) mass is 280 g/mol. The zero-order valence-electron chi connectivity index (χ0n) is 11.9. The molecule has 1 aromatic heterocycles. The fraction of sp³-hybridized carbons (Fsp3) is 0.615. The fourth-order valence-corrected chi connectivity index (χ4v) is 1.91. The van der Waals surface area contributed by atoms with Crippen LogP contribution in [-0.4, -0.2) is 63.8 Å². The Balaban J connectivity index is 2.08. The number of rotatable bonds is 3. The minimum absolute atomic E-state index is 0.192. The topological polar surface area (TPSA) is 91.1 Å². The summed E-state index contributed by atoms with van der Waals surface area (Å²) < 4.78 is 5.54. The summed E-state index contributed by atoms with van der Waals surface area (Å²) in [5, 5.41) is 18.8. The van der Waals surface area contributed by atoms with Crippen LogP contribution in [0.4, 0.5) is 5.95 Å². The normalized spacial score (nSPS) is 26.9. The highest BCUT2D eigenvalue weighted by molar-refractivity contribution is 5.81. The molecule has 0 unspecified atom stereocenters. The molecule has 1 saturated heterocycles. The predicted molar refractivity (Wildman–Crippen MR) is 73.8 cm³/mol. The van der Waals surface area contributed by atoms with Crippen molar-refractivity contribution in [3.63, 3.8) is 0 Å². The van der Waals surface area contributed by atoms with Crippen LogP contribution in [0.2, 0.25) is 0 Å². The second-order valence-electron chi connectivity index (χ2n) is 5.02. The smallest absolute Gasteiger partial charge is 0.250 e. The van der Waals surface area contributed by atoms with E-state index >= 15 is 0 Å². The first-order valence-electron chi connectivity index (χ1n) is 6.50. The molecule has 0 spiro atoms. The lowest BCUT2D eigenvalue weighted by atomic mass is 10.1. The molecule has 2 heterocycles. The first kappa shape index (κ1) is 14.8. The average Bonchev–Trinajstić information content (AvgIpc) is 2.80. The summed E-state index contributed by atoms with van der Waals surface area (Å²) in [6.07, 6.45) is 2.26. The van der Waals surface area contributed by atoms with Gasteiger partial charge in [-0.05, 0) is 6.92 Å². The molecule has 1 aliphatic rings. The molecule has 0 aromatic carbocycles. The maximum absolute atomic E-state index is 9.70. The van der Waals surface area contributed by atoms with E-state index in [1.165, 1.54) is 0 Å². The summed E-state index contributed by atoms with van der Waals surface area (Å²) in [6, 6.07) is 0. The van der Waals surface area contributed by atoms with Crippen LogP contribution in [-0.2, 0) is 4.74 Å². The van der Waals surface area contributed by atoms with Gasteiger partial charge < -0.3 is 19.8 Å². The molecule has 0 saturated carbocycles. The summed E-state index contributed by atoms with van der Waals surface area (Å²) in [5.74, 6) is 1.20. The highest BCUT2D eigenvalue weighted by Gasteiger charge is 2.34. The van der Waals surface area contributed by atoms with Crippen LogP contribution in [0, 0.1) is 0 Å². The second kappa shape index (κ2) is 6.25. The van der Waals surface area contributed by atoms with Gasteiger partial charge in [0.1, 0.15) is 11.9 Å². The van der Waals surface area contributed by atoms with E-state index in [-0.39, 0.29) is 12.7 Å². The molecule has 7 heteroatoms. The van der Waals surface area contributed by atoms with Gasteiger partial charge in [-0.2, -0.15) is 4.99 Å². The minimum atomic E-state index is -0.654. The molecule has 0 aliphatic carbocycles. The minimum Gasteiger partial charge on any atom is -0.394 e. The number of aromatic nitrogens is 2. The predicted octanol–water partition coefficient (Wildman–Crippen LogP) is 0.271. The molecule has 110 valence electrons. The fourth-order valence-electron chi connectivity index (χ4n) is 1.91. The number of aliphatic hydroxyl groups excluding tert-OH is 2. The van der Waals surface area contributed by atoms with Crippen LogP contribution < -0.4 is 0 Å². The zero-order valence-corrected chi connectivity index (χ0v) is 11.9. The Labute approximate surface area is 118 Å². The third-order valence-electron chi connectivity index (χ3n) is 3.34. The number of ether oxygens (including phenoxy) is 1. The molecule has 0 amide bonds. The molecule has 0 radical (unpaired) electrons. The number of aliphatic imine (C=N–C) groups is 1. The van der Waals surface area contributed by atoms with E-state index in [2.05, 4.69) is 15.0 Å². The maximum atomic E-state index is 9.70. The van der Waals surface area contributed by atoms with Crippen LogP contribution in [0.25, 0.3) is 0 Å². The van der Waals surface area contributed by atoms with Crippen molar-refractivity contribution < 1.29 is 14.9 Å². The van der Waals surface area contributed by atoms with E-state index < -0.39 is 12.2 Å². The van der Waals surface area contributed by atoms with E-state index in [1.807, 2.05) is 25.9 Å². The van der Waals surface area contributed by atoms with Gasteiger partial charge in [0.25, 0.3) is 5.95 Å². The summed E-state index contributed by atoms with van der Waals surface area (Å²) in [5.41, 5.74) is 0.779. The van der Waals surface area contributed by atoms with Gasteiger partial charge in [0.2, 0.25) is 0 Å². The highest BCUT2D eigenvalue weighted by atomic mass is 16.5. The van der Waals surface area contributed by atoms with Crippen LogP contribution in [0.3, 0.4) is 0 Å². The van der Waals surface area contributed by atoms with Gasteiger partial charge in [0.15, 0.2) is 0 Å². The van der Waals surface area contributed by atoms with Gasteiger partial charge in [-0.3, -0.25) is 0 Å². The number of aliphatic hydroxyl groups is 2. The second-order valence-corrected chi connectivity index (χ2v) is 5.02. The van der Waals surface area contributed by atoms with Gasteiger partial charge in [-0.25, -0.2) is 9.97 Å². The van der Waals surface area contributed by atoms with Crippen LogP contribution in [0.5, 0.6) is 0 Å². The van der Waals surface area contributed by atoms with Crippen molar-refractivity contribution in [1.82, 2.24) is 14.9 Å². The molecule has 20 heavy (non-hydrogen) atoms. The lowest BCUT2D eigenvalue weighted by molar-refractivity contribution is -0.0227. The average molecular weight is 280 g/mol. The van der Waals surface area contributed by atoms with E-state index in [4.69, 9.17) is 9.84 Å². The van der Waals surface area contributed by atoms with Crippen molar-refractivity contribution in [3.8, 4) is 0 Å². The molecule has 1 aliphatic heterocycles.